The monoisotopic (exact) mass is 400 g/mol. The third-order valence-corrected chi connectivity index (χ3v) is 8.37. The fourth-order valence-electron chi connectivity index (χ4n) is 6.00. The molecular formula is C25H40N2O2. The summed E-state index contributed by atoms with van der Waals surface area (Å²) in [5.41, 5.74) is 0.899. The predicted molar refractivity (Wildman–Crippen MR) is 119 cm³/mol. The van der Waals surface area contributed by atoms with Crippen molar-refractivity contribution in [3.8, 4) is 0 Å². The summed E-state index contributed by atoms with van der Waals surface area (Å²) in [6.07, 6.45) is 2.38. The summed E-state index contributed by atoms with van der Waals surface area (Å²) in [5.74, 6) is 0.839. The summed E-state index contributed by atoms with van der Waals surface area (Å²) in [5, 5.41) is 0. The van der Waals surface area contributed by atoms with E-state index in [1.807, 2.05) is 30.3 Å². The van der Waals surface area contributed by atoms with E-state index >= 15 is 0 Å². The van der Waals surface area contributed by atoms with Crippen LogP contribution in [0.15, 0.2) is 30.3 Å². The molecule has 4 nitrogen and oxygen atoms in total. The minimum Gasteiger partial charge on any atom is -0.458 e. The fourth-order valence-corrected chi connectivity index (χ4v) is 6.00. The number of nitrogens with zero attached hydrogens (tertiary/aromatic N) is 2. The van der Waals surface area contributed by atoms with Gasteiger partial charge in [0.1, 0.15) is 6.10 Å². The molecule has 1 aromatic carbocycles. The molecule has 0 saturated heterocycles. The third-order valence-electron chi connectivity index (χ3n) is 8.37. The summed E-state index contributed by atoms with van der Waals surface area (Å²) in [6, 6.07) is 9.46. The summed E-state index contributed by atoms with van der Waals surface area (Å²) in [6.45, 7) is 16.9. The van der Waals surface area contributed by atoms with Gasteiger partial charge in [-0.1, -0.05) is 52.8 Å². The molecule has 4 unspecified atom stereocenters. The van der Waals surface area contributed by atoms with Crippen LogP contribution in [-0.2, 0) is 4.74 Å². The molecule has 0 heterocycles. The minimum absolute atomic E-state index is 0.0140. The summed E-state index contributed by atoms with van der Waals surface area (Å²) in [4.78, 5) is 17.8. The smallest absolute Gasteiger partial charge is 0.338 e. The standard InChI is InChI=1S/C25H40N2O2/c1-7-27(8-2)17-16-26(6)18-20-21-14-15-25(5,24(21,3)4)22(20)29-23(28)19-12-10-9-11-13-19/h9-13,20-22H,7-8,14-18H2,1-6H3. The lowest BCUT2D eigenvalue weighted by Crippen LogP contribution is -2.45. The van der Waals surface area contributed by atoms with Crippen LogP contribution in [0, 0.1) is 22.7 Å². The van der Waals surface area contributed by atoms with Crippen LogP contribution in [0.3, 0.4) is 0 Å². The van der Waals surface area contributed by atoms with E-state index in [9.17, 15) is 4.79 Å². The SMILES string of the molecule is CCN(CC)CCN(C)CC1C2CCC(C)(C1OC(=O)c1ccccc1)C2(C)C. The van der Waals surface area contributed by atoms with E-state index < -0.39 is 0 Å². The van der Waals surface area contributed by atoms with Crippen molar-refractivity contribution in [2.24, 2.45) is 22.7 Å². The maximum Gasteiger partial charge on any atom is 0.338 e. The highest BCUT2D eigenvalue weighted by Crippen LogP contribution is 2.68. The van der Waals surface area contributed by atoms with Gasteiger partial charge in [0.15, 0.2) is 0 Å². The second kappa shape index (κ2) is 8.77. The number of benzene rings is 1. The molecule has 2 aliphatic rings. The second-order valence-electron chi connectivity index (χ2n) is 9.93. The van der Waals surface area contributed by atoms with E-state index in [4.69, 9.17) is 4.74 Å². The Kier molecular flexibility index (Phi) is 6.74. The molecule has 0 aliphatic heterocycles. The summed E-state index contributed by atoms with van der Waals surface area (Å²) >= 11 is 0. The van der Waals surface area contributed by atoms with Crippen molar-refractivity contribution in [3.63, 3.8) is 0 Å². The molecule has 2 saturated carbocycles. The topological polar surface area (TPSA) is 32.8 Å². The molecule has 1 aromatic rings. The van der Waals surface area contributed by atoms with Gasteiger partial charge in [-0.05, 0) is 56.4 Å². The van der Waals surface area contributed by atoms with E-state index in [0.29, 0.717) is 17.4 Å². The van der Waals surface area contributed by atoms with Crippen molar-refractivity contribution in [1.82, 2.24) is 9.80 Å². The molecule has 0 amide bonds. The summed E-state index contributed by atoms with van der Waals surface area (Å²) in [7, 11) is 2.22. The Bertz CT molecular complexity index is 685. The number of rotatable bonds is 9. The van der Waals surface area contributed by atoms with E-state index in [-0.39, 0.29) is 22.9 Å². The molecule has 162 valence electrons. The van der Waals surface area contributed by atoms with Gasteiger partial charge >= 0.3 is 5.97 Å². The Labute approximate surface area is 177 Å². The van der Waals surface area contributed by atoms with Crippen LogP contribution in [0.4, 0.5) is 0 Å². The number of carbonyl (C=O) groups is 1. The van der Waals surface area contributed by atoms with Crippen molar-refractivity contribution < 1.29 is 9.53 Å². The van der Waals surface area contributed by atoms with Gasteiger partial charge in [0.25, 0.3) is 0 Å². The first-order valence-electron chi connectivity index (χ1n) is 11.4. The molecule has 2 aliphatic carbocycles. The Morgan fingerprint density at radius 1 is 1.10 bits per heavy atom. The lowest BCUT2D eigenvalue weighted by atomic mass is 9.70. The molecule has 4 heteroatoms. The Hall–Kier alpha value is -1.39. The van der Waals surface area contributed by atoms with E-state index in [0.717, 1.165) is 39.1 Å². The van der Waals surface area contributed by atoms with Crippen molar-refractivity contribution in [1.29, 1.82) is 0 Å². The number of fused-ring (bicyclic) bond motifs is 2. The fraction of sp³-hybridized carbons (Fsp3) is 0.720. The molecule has 0 radical (unpaired) electrons. The van der Waals surface area contributed by atoms with Crippen LogP contribution in [0.25, 0.3) is 0 Å². The Balaban J connectivity index is 1.74. The number of hydrogen-bond donors (Lipinski definition) is 0. The van der Waals surface area contributed by atoms with Gasteiger partial charge in [-0.15, -0.1) is 0 Å². The maximum absolute atomic E-state index is 12.9. The molecule has 2 fully saturated rings. The number of ether oxygens (including phenoxy) is 1. The maximum atomic E-state index is 12.9. The average molecular weight is 401 g/mol. The van der Waals surface area contributed by atoms with Gasteiger partial charge < -0.3 is 14.5 Å². The Morgan fingerprint density at radius 3 is 2.38 bits per heavy atom. The lowest BCUT2D eigenvalue weighted by molar-refractivity contribution is -0.0452. The van der Waals surface area contributed by atoms with E-state index in [1.54, 1.807) is 0 Å². The molecular weight excluding hydrogens is 360 g/mol. The molecule has 0 N–H and O–H groups in total. The van der Waals surface area contributed by atoms with E-state index in [1.165, 1.54) is 6.42 Å². The van der Waals surface area contributed by atoms with Crippen LogP contribution >= 0.6 is 0 Å². The molecule has 3 rings (SSSR count). The highest BCUT2D eigenvalue weighted by molar-refractivity contribution is 5.89. The average Bonchev–Trinajstić information content (AvgIpc) is 3.02. The number of carbonyl (C=O) groups excluding carboxylic acids is 1. The first-order valence-corrected chi connectivity index (χ1v) is 11.4. The van der Waals surface area contributed by atoms with Crippen LogP contribution < -0.4 is 0 Å². The van der Waals surface area contributed by atoms with Gasteiger partial charge in [-0.2, -0.15) is 0 Å². The largest absolute Gasteiger partial charge is 0.458 e. The number of esters is 1. The van der Waals surface area contributed by atoms with Crippen molar-refractivity contribution in [3.05, 3.63) is 35.9 Å². The normalized spacial score (nSPS) is 30.3. The van der Waals surface area contributed by atoms with Gasteiger partial charge in [-0.3, -0.25) is 0 Å². The molecule has 0 aromatic heterocycles. The van der Waals surface area contributed by atoms with Gasteiger partial charge in [0.2, 0.25) is 0 Å². The zero-order valence-corrected chi connectivity index (χ0v) is 19.3. The van der Waals surface area contributed by atoms with Crippen molar-refractivity contribution in [2.75, 3.05) is 39.8 Å². The third kappa shape index (κ3) is 4.11. The predicted octanol–water partition coefficient (Wildman–Crippen LogP) is 4.56. The molecule has 0 spiro atoms. The van der Waals surface area contributed by atoms with Crippen molar-refractivity contribution >= 4 is 5.97 Å². The van der Waals surface area contributed by atoms with Crippen LogP contribution in [0.2, 0.25) is 0 Å². The highest BCUT2D eigenvalue weighted by Gasteiger charge is 2.67. The second-order valence-corrected chi connectivity index (χ2v) is 9.93. The first-order chi connectivity index (χ1) is 13.7. The zero-order chi connectivity index (χ0) is 21.2. The minimum atomic E-state index is -0.170. The van der Waals surface area contributed by atoms with Crippen molar-refractivity contribution in [2.45, 2.75) is 53.6 Å². The number of likely N-dealkylation sites (N-methyl/N-ethyl adjacent to an activating group) is 2. The Morgan fingerprint density at radius 2 is 1.76 bits per heavy atom. The molecule has 2 bridgehead atoms. The van der Waals surface area contributed by atoms with Crippen LogP contribution in [-0.4, -0.2) is 61.6 Å². The lowest BCUT2D eigenvalue weighted by Gasteiger charge is -2.40. The highest BCUT2D eigenvalue weighted by atomic mass is 16.5. The van der Waals surface area contributed by atoms with Gasteiger partial charge in [0, 0.05) is 31.0 Å². The quantitative estimate of drug-likeness (QED) is 0.569. The zero-order valence-electron chi connectivity index (χ0n) is 19.3. The molecule has 29 heavy (non-hydrogen) atoms. The summed E-state index contributed by atoms with van der Waals surface area (Å²) < 4.78 is 6.28. The van der Waals surface area contributed by atoms with Crippen LogP contribution in [0.1, 0.15) is 57.8 Å². The molecule has 4 atom stereocenters. The number of hydrogen-bond acceptors (Lipinski definition) is 4. The van der Waals surface area contributed by atoms with Gasteiger partial charge in [0.05, 0.1) is 5.56 Å². The van der Waals surface area contributed by atoms with Crippen LogP contribution in [0.5, 0.6) is 0 Å². The van der Waals surface area contributed by atoms with Gasteiger partial charge in [-0.25, -0.2) is 4.79 Å². The van der Waals surface area contributed by atoms with E-state index in [2.05, 4.69) is 51.5 Å². The first kappa shape index (κ1) is 22.3.